The molecule has 2 atom stereocenters. The highest BCUT2D eigenvalue weighted by atomic mass is 32.2. The third kappa shape index (κ3) is 4.94. The molecule has 0 amide bonds. The van der Waals surface area contributed by atoms with Crippen molar-refractivity contribution in [1.82, 2.24) is 4.72 Å². The number of carboxylic acids is 1. The molecule has 1 aromatic rings. The third-order valence-corrected chi connectivity index (χ3v) is 4.84. The lowest BCUT2D eigenvalue weighted by atomic mass is 10.0. The normalized spacial score (nSPS) is 14.8. The fourth-order valence-corrected chi connectivity index (χ4v) is 3.31. The van der Waals surface area contributed by atoms with Crippen LogP contribution in [-0.4, -0.2) is 25.5 Å². The van der Waals surface area contributed by atoms with Gasteiger partial charge in [0.15, 0.2) is 0 Å². The van der Waals surface area contributed by atoms with E-state index in [0.717, 1.165) is 6.42 Å². The molecule has 2 unspecified atom stereocenters. The lowest BCUT2D eigenvalue weighted by Gasteiger charge is -2.19. The van der Waals surface area contributed by atoms with Gasteiger partial charge in [0, 0.05) is 6.04 Å². The molecular formula is C14H21NO4S. The summed E-state index contributed by atoms with van der Waals surface area (Å²) in [6.45, 7) is 5.82. The maximum absolute atomic E-state index is 12.1. The summed E-state index contributed by atoms with van der Waals surface area (Å²) < 4.78 is 26.7. The van der Waals surface area contributed by atoms with E-state index >= 15 is 0 Å². The molecule has 0 saturated carbocycles. The maximum Gasteiger partial charge on any atom is 0.335 e. The zero-order valence-corrected chi connectivity index (χ0v) is 12.8. The summed E-state index contributed by atoms with van der Waals surface area (Å²) >= 11 is 0. The van der Waals surface area contributed by atoms with Crippen molar-refractivity contribution < 1.29 is 18.3 Å². The molecule has 112 valence electrons. The Balaban J connectivity index is 2.81. The largest absolute Gasteiger partial charge is 0.478 e. The van der Waals surface area contributed by atoms with E-state index in [0.29, 0.717) is 5.56 Å². The maximum atomic E-state index is 12.1. The Hall–Kier alpha value is -1.40. The fourth-order valence-electron chi connectivity index (χ4n) is 1.81. The van der Waals surface area contributed by atoms with Crippen LogP contribution in [0.4, 0.5) is 0 Å². The van der Waals surface area contributed by atoms with Gasteiger partial charge in [0.05, 0.1) is 11.3 Å². The van der Waals surface area contributed by atoms with E-state index in [-0.39, 0.29) is 23.3 Å². The Bertz CT molecular complexity index is 568. The molecule has 0 spiro atoms. The zero-order valence-electron chi connectivity index (χ0n) is 12.0. The topological polar surface area (TPSA) is 83.5 Å². The van der Waals surface area contributed by atoms with Gasteiger partial charge in [-0.15, -0.1) is 0 Å². The second-order valence-corrected chi connectivity index (χ2v) is 6.81. The number of aromatic carboxylic acids is 1. The molecule has 0 fully saturated rings. The van der Waals surface area contributed by atoms with Gasteiger partial charge in [0.1, 0.15) is 0 Å². The van der Waals surface area contributed by atoms with Crippen LogP contribution in [-0.2, 0) is 15.8 Å². The van der Waals surface area contributed by atoms with Gasteiger partial charge >= 0.3 is 5.97 Å². The summed E-state index contributed by atoms with van der Waals surface area (Å²) in [4.78, 5) is 10.9. The van der Waals surface area contributed by atoms with Gasteiger partial charge in [0.25, 0.3) is 0 Å². The number of hydrogen-bond acceptors (Lipinski definition) is 3. The van der Waals surface area contributed by atoms with Gasteiger partial charge in [-0.25, -0.2) is 17.9 Å². The van der Waals surface area contributed by atoms with E-state index in [4.69, 9.17) is 5.11 Å². The molecule has 20 heavy (non-hydrogen) atoms. The minimum Gasteiger partial charge on any atom is -0.478 e. The Kier molecular flexibility index (Phi) is 5.71. The Morgan fingerprint density at radius 1 is 1.35 bits per heavy atom. The molecular weight excluding hydrogens is 278 g/mol. The first-order chi connectivity index (χ1) is 9.25. The first-order valence-corrected chi connectivity index (χ1v) is 8.22. The number of nitrogens with one attached hydrogen (secondary N) is 1. The van der Waals surface area contributed by atoms with E-state index in [9.17, 15) is 13.2 Å². The number of benzene rings is 1. The number of sulfonamides is 1. The highest BCUT2D eigenvalue weighted by Gasteiger charge is 2.19. The van der Waals surface area contributed by atoms with Crippen molar-refractivity contribution in [3.05, 3.63) is 35.4 Å². The van der Waals surface area contributed by atoms with Crippen molar-refractivity contribution >= 4 is 16.0 Å². The number of carbonyl (C=O) groups is 1. The average Bonchev–Trinajstić information content (AvgIpc) is 2.36. The number of hydrogen-bond donors (Lipinski definition) is 2. The SMILES string of the molecule is CCC(C)C(C)NS(=O)(=O)Cc1cccc(C(=O)O)c1. The molecule has 6 heteroatoms. The van der Waals surface area contributed by atoms with Crippen LogP contribution in [0.25, 0.3) is 0 Å². The van der Waals surface area contributed by atoms with Crippen LogP contribution in [0.1, 0.15) is 43.1 Å². The van der Waals surface area contributed by atoms with Gasteiger partial charge in [-0.3, -0.25) is 0 Å². The first-order valence-electron chi connectivity index (χ1n) is 6.57. The molecule has 1 rings (SSSR count). The fraction of sp³-hybridized carbons (Fsp3) is 0.500. The molecule has 0 bridgehead atoms. The van der Waals surface area contributed by atoms with E-state index in [2.05, 4.69) is 4.72 Å². The molecule has 0 saturated heterocycles. The van der Waals surface area contributed by atoms with Gasteiger partial charge in [-0.1, -0.05) is 32.4 Å². The number of rotatable bonds is 7. The zero-order chi connectivity index (χ0) is 15.3. The van der Waals surface area contributed by atoms with Crippen LogP contribution < -0.4 is 4.72 Å². The van der Waals surface area contributed by atoms with Crippen molar-refractivity contribution in [2.45, 2.75) is 39.0 Å². The van der Waals surface area contributed by atoms with E-state index in [1.165, 1.54) is 12.1 Å². The Morgan fingerprint density at radius 3 is 2.55 bits per heavy atom. The van der Waals surface area contributed by atoms with Crippen LogP contribution in [0.2, 0.25) is 0 Å². The van der Waals surface area contributed by atoms with E-state index < -0.39 is 16.0 Å². The van der Waals surface area contributed by atoms with Crippen LogP contribution in [0.5, 0.6) is 0 Å². The molecule has 0 aliphatic heterocycles. The quantitative estimate of drug-likeness (QED) is 0.808. The van der Waals surface area contributed by atoms with Gasteiger partial charge in [-0.2, -0.15) is 0 Å². The van der Waals surface area contributed by atoms with Crippen molar-refractivity contribution in [3.63, 3.8) is 0 Å². The van der Waals surface area contributed by atoms with Crippen LogP contribution in [0.15, 0.2) is 24.3 Å². The average molecular weight is 299 g/mol. The molecule has 1 aromatic carbocycles. The lowest BCUT2D eigenvalue weighted by molar-refractivity contribution is 0.0696. The summed E-state index contributed by atoms with van der Waals surface area (Å²) in [5.74, 6) is -1.03. The first kappa shape index (κ1) is 16.7. The van der Waals surface area contributed by atoms with Crippen LogP contribution >= 0.6 is 0 Å². The van der Waals surface area contributed by atoms with E-state index in [1.54, 1.807) is 12.1 Å². The van der Waals surface area contributed by atoms with Crippen LogP contribution in [0, 0.1) is 5.92 Å². The molecule has 0 aromatic heterocycles. The minimum atomic E-state index is -3.47. The highest BCUT2D eigenvalue weighted by molar-refractivity contribution is 7.88. The van der Waals surface area contributed by atoms with Crippen LogP contribution in [0.3, 0.4) is 0 Å². The predicted octanol–water partition coefficient (Wildman–Crippen LogP) is 2.24. The molecule has 0 aliphatic carbocycles. The Labute approximate surface area is 120 Å². The van der Waals surface area contributed by atoms with Crippen molar-refractivity contribution in [3.8, 4) is 0 Å². The minimum absolute atomic E-state index is 0.0904. The summed E-state index contributed by atoms with van der Waals surface area (Å²) in [5.41, 5.74) is 0.557. The summed E-state index contributed by atoms with van der Waals surface area (Å²) in [6.07, 6.45) is 0.887. The third-order valence-electron chi connectivity index (χ3n) is 3.39. The second kappa shape index (κ2) is 6.85. The van der Waals surface area contributed by atoms with Gasteiger partial charge in [-0.05, 0) is 30.5 Å². The van der Waals surface area contributed by atoms with Crippen molar-refractivity contribution in [2.24, 2.45) is 5.92 Å². The second-order valence-electron chi connectivity index (χ2n) is 5.06. The van der Waals surface area contributed by atoms with Gasteiger partial charge in [0.2, 0.25) is 10.0 Å². The monoisotopic (exact) mass is 299 g/mol. The molecule has 2 N–H and O–H groups in total. The predicted molar refractivity (Wildman–Crippen MR) is 78.1 cm³/mol. The smallest absolute Gasteiger partial charge is 0.335 e. The summed E-state index contributed by atoms with van der Waals surface area (Å²) in [7, 11) is -3.47. The Morgan fingerprint density at radius 2 is 2.00 bits per heavy atom. The van der Waals surface area contributed by atoms with E-state index in [1.807, 2.05) is 20.8 Å². The van der Waals surface area contributed by atoms with Crippen molar-refractivity contribution in [1.29, 1.82) is 0 Å². The molecule has 0 heterocycles. The summed E-state index contributed by atoms with van der Waals surface area (Å²) in [6, 6.07) is 5.84. The standard InChI is InChI=1S/C14H21NO4S/c1-4-10(2)11(3)15-20(18,19)9-12-6-5-7-13(8-12)14(16)17/h5-8,10-11,15H,4,9H2,1-3H3,(H,16,17). The highest BCUT2D eigenvalue weighted by Crippen LogP contribution is 2.12. The lowest BCUT2D eigenvalue weighted by Crippen LogP contribution is -2.37. The molecule has 0 aliphatic rings. The van der Waals surface area contributed by atoms with Crippen molar-refractivity contribution in [2.75, 3.05) is 0 Å². The van der Waals surface area contributed by atoms with Gasteiger partial charge < -0.3 is 5.11 Å². The molecule has 0 radical (unpaired) electrons. The molecule has 5 nitrogen and oxygen atoms in total. The number of carboxylic acid groups (broad SMARTS) is 1. The summed E-state index contributed by atoms with van der Waals surface area (Å²) in [5, 5.41) is 8.89.